The molecule has 0 spiro atoms. The lowest BCUT2D eigenvalue weighted by Gasteiger charge is -2.22. The van der Waals surface area contributed by atoms with Crippen LogP contribution in [0.5, 0.6) is 0 Å². The maximum Gasteiger partial charge on any atom is 0.231 e. The van der Waals surface area contributed by atoms with Crippen molar-refractivity contribution in [2.24, 2.45) is 5.92 Å². The fourth-order valence-corrected chi connectivity index (χ4v) is 3.06. The van der Waals surface area contributed by atoms with Crippen molar-refractivity contribution < 1.29 is 4.79 Å². The molecule has 0 aliphatic heterocycles. The Morgan fingerprint density at radius 3 is 2.90 bits per heavy atom. The molecule has 0 bridgehead atoms. The molecule has 1 aromatic rings. The Bertz CT molecular complexity index is 568. The van der Waals surface area contributed by atoms with Crippen LogP contribution in [0.25, 0.3) is 0 Å². The van der Waals surface area contributed by atoms with E-state index < -0.39 is 5.54 Å². The third-order valence-electron chi connectivity index (χ3n) is 3.34. The van der Waals surface area contributed by atoms with Crippen molar-refractivity contribution in [2.75, 3.05) is 11.5 Å². The average Bonchev–Trinajstić information content (AvgIpc) is 3.22. The van der Waals surface area contributed by atoms with Crippen LogP contribution in [0.3, 0.4) is 0 Å². The Morgan fingerprint density at radius 2 is 2.35 bits per heavy atom. The topological polar surface area (TPSA) is 78.9 Å². The van der Waals surface area contributed by atoms with Gasteiger partial charge in [0.1, 0.15) is 5.54 Å². The van der Waals surface area contributed by atoms with Gasteiger partial charge in [-0.05, 0) is 43.9 Å². The van der Waals surface area contributed by atoms with Gasteiger partial charge in [0.05, 0.1) is 16.8 Å². The number of benzene rings is 1. The molecular formula is C14H16ClN3OS. The first kappa shape index (κ1) is 15.0. The summed E-state index contributed by atoms with van der Waals surface area (Å²) in [7, 11) is 0. The Hall–Kier alpha value is -1.38. The Kier molecular flexibility index (Phi) is 4.46. The van der Waals surface area contributed by atoms with Crippen LogP contribution in [0, 0.1) is 17.2 Å². The molecule has 1 unspecified atom stereocenters. The highest BCUT2D eigenvalue weighted by atomic mass is 35.5. The first-order chi connectivity index (χ1) is 9.44. The number of nitrogen functional groups attached to an aromatic ring is 1. The number of hydrogen-bond donors (Lipinski definition) is 2. The van der Waals surface area contributed by atoms with E-state index in [1.165, 1.54) is 11.8 Å². The summed E-state index contributed by atoms with van der Waals surface area (Å²) in [5.41, 5.74) is 5.46. The standard InChI is InChI=1S/C14H16ClN3OS/c1-14(8-16,9-2-3-9)18-13(19)7-20-12-5-4-10(17)6-11(12)15/h4-6,9H,2-3,7,17H2,1H3,(H,18,19). The van der Waals surface area contributed by atoms with E-state index in [1.807, 2.05) is 0 Å². The number of nitriles is 1. The molecule has 0 saturated heterocycles. The number of halogens is 1. The lowest BCUT2D eigenvalue weighted by atomic mass is 9.98. The van der Waals surface area contributed by atoms with Gasteiger partial charge in [-0.25, -0.2) is 0 Å². The summed E-state index contributed by atoms with van der Waals surface area (Å²) < 4.78 is 0. The van der Waals surface area contributed by atoms with Gasteiger partial charge < -0.3 is 11.1 Å². The highest BCUT2D eigenvalue weighted by molar-refractivity contribution is 8.00. The van der Waals surface area contributed by atoms with Gasteiger partial charge in [-0.1, -0.05) is 11.6 Å². The molecule has 20 heavy (non-hydrogen) atoms. The van der Waals surface area contributed by atoms with E-state index in [9.17, 15) is 10.1 Å². The van der Waals surface area contributed by atoms with Crippen LogP contribution in [0.4, 0.5) is 5.69 Å². The van der Waals surface area contributed by atoms with E-state index >= 15 is 0 Å². The van der Waals surface area contributed by atoms with E-state index in [-0.39, 0.29) is 17.6 Å². The highest BCUT2D eigenvalue weighted by Crippen LogP contribution is 2.39. The van der Waals surface area contributed by atoms with Crippen molar-refractivity contribution in [2.45, 2.75) is 30.2 Å². The Labute approximate surface area is 127 Å². The third-order valence-corrected chi connectivity index (χ3v) is 4.84. The van der Waals surface area contributed by atoms with Crippen molar-refractivity contribution in [3.8, 4) is 6.07 Å². The molecule has 0 aromatic heterocycles. The summed E-state index contributed by atoms with van der Waals surface area (Å²) in [4.78, 5) is 12.8. The minimum Gasteiger partial charge on any atom is -0.399 e. The van der Waals surface area contributed by atoms with E-state index in [4.69, 9.17) is 17.3 Å². The molecule has 6 heteroatoms. The highest BCUT2D eigenvalue weighted by Gasteiger charge is 2.42. The number of nitrogens with zero attached hydrogens (tertiary/aromatic N) is 1. The van der Waals surface area contributed by atoms with E-state index in [2.05, 4.69) is 11.4 Å². The maximum absolute atomic E-state index is 12.0. The minimum absolute atomic E-state index is 0.154. The molecule has 1 aliphatic rings. The minimum atomic E-state index is -0.747. The normalized spacial score (nSPS) is 17.1. The number of carbonyl (C=O) groups is 1. The molecular weight excluding hydrogens is 294 g/mol. The summed E-state index contributed by atoms with van der Waals surface area (Å²) >= 11 is 7.39. The van der Waals surface area contributed by atoms with Crippen LogP contribution < -0.4 is 11.1 Å². The zero-order chi connectivity index (χ0) is 14.8. The smallest absolute Gasteiger partial charge is 0.231 e. The van der Waals surface area contributed by atoms with Crippen LogP contribution >= 0.6 is 23.4 Å². The molecule has 0 heterocycles. The number of hydrogen-bond acceptors (Lipinski definition) is 4. The largest absolute Gasteiger partial charge is 0.399 e. The predicted octanol–water partition coefficient (Wildman–Crippen LogP) is 2.82. The molecule has 1 fully saturated rings. The number of thioether (sulfide) groups is 1. The van der Waals surface area contributed by atoms with Crippen molar-refractivity contribution in [3.63, 3.8) is 0 Å². The summed E-state index contributed by atoms with van der Waals surface area (Å²) in [5, 5.41) is 12.6. The number of nitrogens with one attached hydrogen (secondary N) is 1. The van der Waals surface area contributed by atoms with Gasteiger partial charge in [0.25, 0.3) is 0 Å². The maximum atomic E-state index is 12.0. The van der Waals surface area contributed by atoms with Gasteiger partial charge in [0.15, 0.2) is 0 Å². The van der Waals surface area contributed by atoms with E-state index in [0.717, 1.165) is 17.7 Å². The van der Waals surface area contributed by atoms with Gasteiger partial charge in [0.2, 0.25) is 5.91 Å². The molecule has 3 N–H and O–H groups in total. The fraction of sp³-hybridized carbons (Fsp3) is 0.429. The lowest BCUT2D eigenvalue weighted by molar-refractivity contribution is -0.119. The van der Waals surface area contributed by atoms with E-state index in [0.29, 0.717) is 10.7 Å². The number of amides is 1. The quantitative estimate of drug-likeness (QED) is 0.647. The van der Waals surface area contributed by atoms with Gasteiger partial charge in [0, 0.05) is 10.6 Å². The molecule has 1 amide bonds. The number of anilines is 1. The van der Waals surface area contributed by atoms with Gasteiger partial charge >= 0.3 is 0 Å². The van der Waals surface area contributed by atoms with Crippen LogP contribution in [-0.4, -0.2) is 17.2 Å². The molecule has 1 aromatic carbocycles. The molecule has 1 aliphatic carbocycles. The fourth-order valence-electron chi connectivity index (χ4n) is 1.99. The molecule has 1 atom stereocenters. The Balaban J connectivity index is 1.90. The first-order valence-corrected chi connectivity index (χ1v) is 7.71. The predicted molar refractivity (Wildman–Crippen MR) is 81.5 cm³/mol. The van der Waals surface area contributed by atoms with Crippen LogP contribution in [0.15, 0.2) is 23.1 Å². The molecule has 0 radical (unpaired) electrons. The summed E-state index contributed by atoms with van der Waals surface area (Å²) in [5.74, 6) is 0.355. The zero-order valence-corrected chi connectivity index (χ0v) is 12.7. The van der Waals surface area contributed by atoms with Gasteiger partial charge in [-0.3, -0.25) is 4.79 Å². The van der Waals surface area contributed by atoms with Crippen molar-refractivity contribution in [3.05, 3.63) is 23.2 Å². The number of rotatable bonds is 5. The molecule has 2 rings (SSSR count). The monoisotopic (exact) mass is 309 g/mol. The summed E-state index contributed by atoms with van der Waals surface area (Å²) in [6.45, 7) is 1.78. The zero-order valence-electron chi connectivity index (χ0n) is 11.1. The van der Waals surface area contributed by atoms with Gasteiger partial charge in [-0.2, -0.15) is 5.26 Å². The molecule has 1 saturated carbocycles. The second-order valence-electron chi connectivity index (χ2n) is 5.12. The second kappa shape index (κ2) is 5.94. The SMILES string of the molecule is CC(C#N)(NC(=O)CSc1ccc(N)cc1Cl)C1CC1. The van der Waals surface area contributed by atoms with Crippen LogP contribution in [0.2, 0.25) is 5.02 Å². The van der Waals surface area contributed by atoms with Crippen molar-refractivity contribution in [1.82, 2.24) is 5.32 Å². The Morgan fingerprint density at radius 1 is 1.65 bits per heavy atom. The number of carbonyl (C=O) groups excluding carboxylic acids is 1. The second-order valence-corrected chi connectivity index (χ2v) is 6.54. The van der Waals surface area contributed by atoms with Crippen LogP contribution in [0.1, 0.15) is 19.8 Å². The van der Waals surface area contributed by atoms with Gasteiger partial charge in [-0.15, -0.1) is 11.8 Å². The third kappa shape index (κ3) is 3.59. The van der Waals surface area contributed by atoms with Crippen molar-refractivity contribution in [1.29, 1.82) is 5.26 Å². The van der Waals surface area contributed by atoms with E-state index in [1.54, 1.807) is 25.1 Å². The lowest BCUT2D eigenvalue weighted by Crippen LogP contribution is -2.47. The first-order valence-electron chi connectivity index (χ1n) is 6.34. The van der Waals surface area contributed by atoms with Crippen molar-refractivity contribution >= 4 is 35.0 Å². The summed E-state index contributed by atoms with van der Waals surface area (Å²) in [6, 6.07) is 7.40. The number of nitrogens with two attached hydrogens (primary N) is 1. The summed E-state index contributed by atoms with van der Waals surface area (Å²) in [6.07, 6.45) is 2.00. The van der Waals surface area contributed by atoms with Crippen LogP contribution in [-0.2, 0) is 4.79 Å². The molecule has 4 nitrogen and oxygen atoms in total. The molecule has 106 valence electrons. The average molecular weight is 310 g/mol.